The second-order valence-corrected chi connectivity index (χ2v) is 6.78. The van der Waals surface area contributed by atoms with Gasteiger partial charge in [0, 0.05) is 13.1 Å². The molecule has 3 heteroatoms. The van der Waals surface area contributed by atoms with Crippen LogP contribution in [-0.4, -0.2) is 25.6 Å². The maximum Gasteiger partial charge on any atom is 0.136 e. The van der Waals surface area contributed by atoms with E-state index in [1.807, 2.05) is 18.2 Å². The Hall–Kier alpha value is -1.53. The molecule has 2 aliphatic rings. The van der Waals surface area contributed by atoms with Crippen LogP contribution in [0.2, 0.25) is 0 Å². The number of fused-ring (bicyclic) bond motifs is 2. The summed E-state index contributed by atoms with van der Waals surface area (Å²) in [7, 11) is 3.83. The van der Waals surface area contributed by atoms with E-state index in [9.17, 15) is 0 Å². The highest BCUT2D eigenvalue weighted by molar-refractivity contribution is 5.45. The molecule has 0 radical (unpaired) electrons. The van der Waals surface area contributed by atoms with Gasteiger partial charge in [-0.15, -0.1) is 0 Å². The highest BCUT2D eigenvalue weighted by Crippen LogP contribution is 2.48. The minimum Gasteiger partial charge on any atom is -0.495 e. The highest BCUT2D eigenvalue weighted by Gasteiger charge is 2.39. The Labute approximate surface area is 127 Å². The lowest BCUT2D eigenvalue weighted by atomic mass is 9.88. The quantitative estimate of drug-likeness (QED) is 0.831. The third-order valence-electron chi connectivity index (χ3n) is 5.27. The van der Waals surface area contributed by atoms with Gasteiger partial charge < -0.3 is 9.64 Å². The Bertz CT molecular complexity index is 549. The fraction of sp³-hybridized carbons (Fsp3) is 0.611. The Morgan fingerprint density at radius 1 is 1.33 bits per heavy atom. The summed E-state index contributed by atoms with van der Waals surface area (Å²) in [6.45, 7) is 2.12. The van der Waals surface area contributed by atoms with Crippen molar-refractivity contribution in [1.82, 2.24) is 4.90 Å². The molecule has 112 valence electrons. The Morgan fingerprint density at radius 2 is 2.19 bits per heavy atom. The molecule has 2 saturated carbocycles. The summed E-state index contributed by atoms with van der Waals surface area (Å²) in [5, 5.41) is 9.03. The second kappa shape index (κ2) is 6.07. The van der Waals surface area contributed by atoms with Crippen molar-refractivity contribution in [3.05, 3.63) is 29.3 Å². The average molecular weight is 284 g/mol. The first-order chi connectivity index (χ1) is 10.2. The predicted octanol–water partition coefficient (Wildman–Crippen LogP) is 3.43. The molecule has 3 unspecified atom stereocenters. The van der Waals surface area contributed by atoms with Crippen molar-refractivity contribution in [3.63, 3.8) is 0 Å². The lowest BCUT2D eigenvalue weighted by Crippen LogP contribution is -2.28. The number of hydrogen-bond donors (Lipinski definition) is 0. The maximum absolute atomic E-state index is 9.03. The van der Waals surface area contributed by atoms with E-state index in [1.165, 1.54) is 37.8 Å². The zero-order valence-electron chi connectivity index (χ0n) is 13.0. The van der Waals surface area contributed by atoms with Gasteiger partial charge in [0.05, 0.1) is 12.7 Å². The number of ether oxygens (including phenoxy) is 1. The molecule has 2 aliphatic carbocycles. The minimum atomic E-state index is 0.608. The van der Waals surface area contributed by atoms with Crippen LogP contribution in [0.15, 0.2) is 18.2 Å². The first kappa shape index (κ1) is 14.4. The van der Waals surface area contributed by atoms with Crippen LogP contribution in [0.1, 0.15) is 36.8 Å². The molecule has 1 aromatic rings. The van der Waals surface area contributed by atoms with Gasteiger partial charge in [-0.25, -0.2) is 0 Å². The number of benzene rings is 1. The van der Waals surface area contributed by atoms with Gasteiger partial charge in [0.1, 0.15) is 11.8 Å². The van der Waals surface area contributed by atoms with Crippen LogP contribution in [0.3, 0.4) is 0 Å². The first-order valence-electron chi connectivity index (χ1n) is 7.95. The van der Waals surface area contributed by atoms with Crippen molar-refractivity contribution in [1.29, 1.82) is 5.26 Å². The number of nitrogens with zero attached hydrogens (tertiary/aromatic N) is 2. The molecule has 3 atom stereocenters. The average Bonchev–Trinajstić information content (AvgIpc) is 3.09. The van der Waals surface area contributed by atoms with Crippen molar-refractivity contribution in [2.75, 3.05) is 20.7 Å². The first-order valence-corrected chi connectivity index (χ1v) is 7.95. The van der Waals surface area contributed by atoms with Crippen molar-refractivity contribution in [2.24, 2.45) is 17.8 Å². The summed E-state index contributed by atoms with van der Waals surface area (Å²) in [4.78, 5) is 2.42. The lowest BCUT2D eigenvalue weighted by molar-refractivity contribution is 0.214. The lowest BCUT2D eigenvalue weighted by Gasteiger charge is -2.27. The third-order valence-corrected chi connectivity index (χ3v) is 5.27. The fourth-order valence-electron chi connectivity index (χ4n) is 4.30. The third kappa shape index (κ3) is 3.06. The highest BCUT2D eigenvalue weighted by atomic mass is 16.5. The predicted molar refractivity (Wildman–Crippen MR) is 83.0 cm³/mol. The monoisotopic (exact) mass is 284 g/mol. The summed E-state index contributed by atoms with van der Waals surface area (Å²) < 4.78 is 5.29. The zero-order valence-corrected chi connectivity index (χ0v) is 13.0. The van der Waals surface area contributed by atoms with E-state index in [2.05, 4.69) is 18.0 Å². The Kier molecular flexibility index (Phi) is 4.17. The van der Waals surface area contributed by atoms with E-state index in [0.29, 0.717) is 11.3 Å². The Balaban J connectivity index is 1.60. The van der Waals surface area contributed by atoms with Gasteiger partial charge in [0.25, 0.3) is 0 Å². The standard InChI is InChI=1S/C18H24N2O/c1-20(12-17-8-13-3-5-15(17)7-13)11-14-4-6-16(10-19)18(9-14)21-2/h4,6,9,13,15,17H,3,5,7-8,11-12H2,1-2H3. The summed E-state index contributed by atoms with van der Waals surface area (Å²) >= 11 is 0. The molecular formula is C18H24N2O. The summed E-state index contributed by atoms with van der Waals surface area (Å²) in [5.41, 5.74) is 1.83. The van der Waals surface area contributed by atoms with E-state index in [0.717, 1.165) is 24.3 Å². The number of nitriles is 1. The number of hydrogen-bond acceptors (Lipinski definition) is 3. The smallest absolute Gasteiger partial charge is 0.136 e. The van der Waals surface area contributed by atoms with Crippen LogP contribution >= 0.6 is 0 Å². The normalized spacial score (nSPS) is 27.0. The molecule has 2 fully saturated rings. The molecule has 0 saturated heterocycles. The molecule has 2 bridgehead atoms. The zero-order chi connectivity index (χ0) is 14.8. The van der Waals surface area contributed by atoms with E-state index < -0.39 is 0 Å². The van der Waals surface area contributed by atoms with Crippen LogP contribution in [0, 0.1) is 29.1 Å². The molecule has 3 nitrogen and oxygen atoms in total. The molecule has 0 amide bonds. The topological polar surface area (TPSA) is 36.3 Å². The SMILES string of the molecule is COc1cc(CN(C)CC2CC3CCC2C3)ccc1C#N. The molecule has 1 aromatic carbocycles. The van der Waals surface area contributed by atoms with Gasteiger partial charge in [-0.05, 0) is 61.8 Å². The van der Waals surface area contributed by atoms with Crippen LogP contribution in [0.4, 0.5) is 0 Å². The van der Waals surface area contributed by atoms with Gasteiger partial charge >= 0.3 is 0 Å². The summed E-state index contributed by atoms with van der Waals surface area (Å²) in [6.07, 6.45) is 5.83. The fourth-order valence-corrected chi connectivity index (χ4v) is 4.30. The van der Waals surface area contributed by atoms with E-state index >= 15 is 0 Å². The largest absolute Gasteiger partial charge is 0.495 e. The minimum absolute atomic E-state index is 0.608. The van der Waals surface area contributed by atoms with Gasteiger partial charge in [-0.2, -0.15) is 5.26 Å². The van der Waals surface area contributed by atoms with Crippen LogP contribution in [0.25, 0.3) is 0 Å². The molecule has 0 N–H and O–H groups in total. The van der Waals surface area contributed by atoms with Gasteiger partial charge in [-0.1, -0.05) is 12.5 Å². The van der Waals surface area contributed by atoms with E-state index in [1.54, 1.807) is 7.11 Å². The van der Waals surface area contributed by atoms with Gasteiger partial charge in [0.2, 0.25) is 0 Å². The summed E-state index contributed by atoms with van der Waals surface area (Å²) in [6, 6.07) is 8.06. The van der Waals surface area contributed by atoms with Crippen molar-refractivity contribution in [2.45, 2.75) is 32.2 Å². The van der Waals surface area contributed by atoms with Crippen LogP contribution < -0.4 is 4.74 Å². The maximum atomic E-state index is 9.03. The summed E-state index contributed by atoms with van der Waals surface area (Å²) in [5.74, 6) is 3.58. The van der Waals surface area contributed by atoms with Crippen molar-refractivity contribution >= 4 is 0 Å². The second-order valence-electron chi connectivity index (χ2n) is 6.78. The molecule has 0 spiro atoms. The molecule has 0 aliphatic heterocycles. The van der Waals surface area contributed by atoms with Crippen LogP contribution in [-0.2, 0) is 6.54 Å². The van der Waals surface area contributed by atoms with Gasteiger partial charge in [-0.3, -0.25) is 0 Å². The molecular weight excluding hydrogens is 260 g/mol. The van der Waals surface area contributed by atoms with Crippen LogP contribution in [0.5, 0.6) is 5.75 Å². The molecule has 0 heterocycles. The molecule has 0 aromatic heterocycles. The van der Waals surface area contributed by atoms with Crippen molar-refractivity contribution < 1.29 is 4.74 Å². The Morgan fingerprint density at radius 3 is 2.81 bits per heavy atom. The van der Waals surface area contributed by atoms with E-state index in [4.69, 9.17) is 10.00 Å². The number of methoxy groups -OCH3 is 1. The van der Waals surface area contributed by atoms with Gasteiger partial charge in [0.15, 0.2) is 0 Å². The van der Waals surface area contributed by atoms with Crippen molar-refractivity contribution in [3.8, 4) is 11.8 Å². The molecule has 21 heavy (non-hydrogen) atoms. The number of rotatable bonds is 5. The van der Waals surface area contributed by atoms with E-state index in [-0.39, 0.29) is 0 Å². The molecule has 3 rings (SSSR count).